The monoisotopic (exact) mass is 521 g/mol. The van der Waals surface area contributed by atoms with Crippen molar-refractivity contribution in [3.63, 3.8) is 0 Å². The van der Waals surface area contributed by atoms with Crippen LogP contribution < -0.4 is 5.32 Å². The highest BCUT2D eigenvalue weighted by Crippen LogP contribution is 2.37. The lowest BCUT2D eigenvalue weighted by Crippen LogP contribution is -2.50. The van der Waals surface area contributed by atoms with Crippen LogP contribution in [0, 0.1) is 0 Å². The number of hydrogen-bond donors (Lipinski definition) is 1. The number of halogens is 4. The Bertz CT molecular complexity index is 1180. The molecule has 1 aromatic heterocycles. The maximum Gasteiger partial charge on any atom is 0.450 e. The predicted octanol–water partition coefficient (Wildman–Crippen LogP) is 6.30. The summed E-state index contributed by atoms with van der Waals surface area (Å²) in [4.78, 5) is 12.7. The van der Waals surface area contributed by atoms with E-state index in [4.69, 9.17) is 20.8 Å². The van der Waals surface area contributed by atoms with E-state index in [9.17, 15) is 18.0 Å². The Balaban J connectivity index is 1.42. The molecule has 1 amide bonds. The third-order valence-corrected chi connectivity index (χ3v) is 6.86. The van der Waals surface area contributed by atoms with E-state index in [2.05, 4.69) is 19.4 Å². The molecule has 0 spiro atoms. The number of carbonyl (C=O) groups is 1. The molecule has 5 nitrogen and oxygen atoms in total. The van der Waals surface area contributed by atoms with Crippen molar-refractivity contribution >= 4 is 17.5 Å². The van der Waals surface area contributed by atoms with Gasteiger partial charge in [-0.25, -0.2) is 0 Å². The molecule has 0 atom stereocenters. The molecule has 3 aromatic rings. The molecular weight excluding hydrogens is 493 g/mol. The molecule has 0 aliphatic carbocycles. The first-order valence-corrected chi connectivity index (χ1v) is 12.1. The minimum absolute atomic E-state index is 0.0567. The quantitative estimate of drug-likeness (QED) is 0.371. The second-order valence-corrected chi connectivity index (χ2v) is 10.1. The summed E-state index contributed by atoms with van der Waals surface area (Å²) < 4.78 is 52.1. The number of benzene rings is 2. The van der Waals surface area contributed by atoms with E-state index in [0.717, 1.165) is 54.3 Å². The van der Waals surface area contributed by atoms with Crippen LogP contribution in [0.25, 0.3) is 11.3 Å². The van der Waals surface area contributed by atoms with Gasteiger partial charge in [-0.1, -0.05) is 35.9 Å². The number of carbonyl (C=O) groups excluding carboxylic acids is 1. The SMILES string of the molecule is C[N+](C)(Cc1ccc(CNC(=O)c2cc(-c3ccc(Cl)cc3)oc2C(F)(F)F)cc1)C1CCOCC1. The zero-order valence-corrected chi connectivity index (χ0v) is 21.0. The second-order valence-electron chi connectivity index (χ2n) is 9.64. The highest BCUT2D eigenvalue weighted by Gasteiger charge is 2.40. The predicted molar refractivity (Wildman–Crippen MR) is 131 cm³/mol. The highest BCUT2D eigenvalue weighted by molar-refractivity contribution is 6.30. The van der Waals surface area contributed by atoms with Crippen LogP contribution in [0.4, 0.5) is 13.2 Å². The summed E-state index contributed by atoms with van der Waals surface area (Å²) in [6, 6.07) is 15.6. The molecule has 0 radical (unpaired) electrons. The molecule has 1 fully saturated rings. The zero-order chi connectivity index (χ0) is 25.9. The van der Waals surface area contributed by atoms with Crippen molar-refractivity contribution in [1.82, 2.24) is 5.32 Å². The molecule has 36 heavy (non-hydrogen) atoms. The molecule has 1 aliphatic heterocycles. The molecular formula is C27H29ClF3N2O3+. The second kappa shape index (κ2) is 10.7. The Hall–Kier alpha value is -2.81. The van der Waals surface area contributed by atoms with Gasteiger partial charge in [0.1, 0.15) is 12.3 Å². The van der Waals surface area contributed by atoms with Gasteiger partial charge in [0.25, 0.3) is 5.91 Å². The van der Waals surface area contributed by atoms with Crippen molar-refractivity contribution in [2.24, 2.45) is 0 Å². The van der Waals surface area contributed by atoms with Crippen LogP contribution in [-0.4, -0.2) is 43.7 Å². The first-order chi connectivity index (χ1) is 17.0. The van der Waals surface area contributed by atoms with Gasteiger partial charge in [0.15, 0.2) is 0 Å². The lowest BCUT2D eigenvalue weighted by Gasteiger charge is -2.40. The summed E-state index contributed by atoms with van der Waals surface area (Å²) in [5.41, 5.74) is 1.78. The summed E-state index contributed by atoms with van der Waals surface area (Å²) in [6.45, 7) is 2.53. The van der Waals surface area contributed by atoms with E-state index in [1.165, 1.54) is 12.1 Å². The first kappa shape index (κ1) is 26.3. The summed E-state index contributed by atoms with van der Waals surface area (Å²) in [5.74, 6) is -2.24. The molecule has 1 N–H and O–H groups in total. The summed E-state index contributed by atoms with van der Waals surface area (Å²) in [7, 11) is 4.43. The topological polar surface area (TPSA) is 51.5 Å². The van der Waals surface area contributed by atoms with Gasteiger partial charge in [-0.2, -0.15) is 13.2 Å². The number of amides is 1. The number of quaternary nitrogens is 1. The summed E-state index contributed by atoms with van der Waals surface area (Å²) in [6.07, 6.45) is -2.75. The molecule has 1 saturated heterocycles. The van der Waals surface area contributed by atoms with Gasteiger partial charge in [0, 0.05) is 35.5 Å². The largest absolute Gasteiger partial charge is 0.451 e. The van der Waals surface area contributed by atoms with Crippen LogP contribution in [0.5, 0.6) is 0 Å². The molecule has 9 heteroatoms. The van der Waals surface area contributed by atoms with Crippen molar-refractivity contribution in [3.05, 3.63) is 82.1 Å². The lowest BCUT2D eigenvalue weighted by atomic mass is 10.0. The van der Waals surface area contributed by atoms with Crippen LogP contribution in [0.3, 0.4) is 0 Å². The lowest BCUT2D eigenvalue weighted by molar-refractivity contribution is -0.929. The Morgan fingerprint density at radius 2 is 1.64 bits per heavy atom. The number of alkyl halides is 3. The fraction of sp³-hybridized carbons (Fsp3) is 0.370. The van der Waals surface area contributed by atoms with Crippen LogP contribution in [0.15, 0.2) is 59.0 Å². The zero-order valence-electron chi connectivity index (χ0n) is 20.2. The maximum atomic E-state index is 13.6. The number of ether oxygens (including phenoxy) is 1. The average molecular weight is 522 g/mol. The molecule has 0 unspecified atom stereocenters. The van der Waals surface area contributed by atoms with E-state index in [1.54, 1.807) is 12.1 Å². The first-order valence-electron chi connectivity index (χ1n) is 11.8. The minimum atomic E-state index is -4.81. The van der Waals surface area contributed by atoms with Crippen molar-refractivity contribution < 1.29 is 31.6 Å². The molecule has 4 rings (SSSR count). The van der Waals surface area contributed by atoms with Crippen LogP contribution in [-0.2, 0) is 24.0 Å². The normalized spacial score (nSPS) is 15.2. The summed E-state index contributed by atoms with van der Waals surface area (Å²) >= 11 is 5.85. The van der Waals surface area contributed by atoms with Gasteiger partial charge >= 0.3 is 6.18 Å². The van der Waals surface area contributed by atoms with Crippen molar-refractivity contribution in [1.29, 1.82) is 0 Å². The third kappa shape index (κ3) is 6.30. The van der Waals surface area contributed by atoms with Gasteiger partial charge in [-0.3, -0.25) is 4.79 Å². The Kier molecular flexibility index (Phi) is 7.78. The van der Waals surface area contributed by atoms with Crippen molar-refractivity contribution in [2.45, 2.75) is 38.1 Å². The highest BCUT2D eigenvalue weighted by atomic mass is 35.5. The molecule has 2 aromatic carbocycles. The molecule has 0 saturated carbocycles. The fourth-order valence-corrected chi connectivity index (χ4v) is 4.68. The van der Waals surface area contributed by atoms with E-state index < -0.39 is 23.4 Å². The van der Waals surface area contributed by atoms with Crippen LogP contribution in [0.1, 0.15) is 40.1 Å². The van der Waals surface area contributed by atoms with Gasteiger partial charge < -0.3 is 19.0 Å². The molecule has 192 valence electrons. The van der Waals surface area contributed by atoms with Crippen LogP contribution in [0.2, 0.25) is 5.02 Å². The van der Waals surface area contributed by atoms with Crippen molar-refractivity contribution in [2.75, 3.05) is 27.3 Å². The number of furan rings is 1. The molecule has 1 aliphatic rings. The molecule has 0 bridgehead atoms. The Morgan fingerprint density at radius 1 is 1.03 bits per heavy atom. The van der Waals surface area contributed by atoms with Gasteiger partial charge in [0.2, 0.25) is 5.76 Å². The van der Waals surface area contributed by atoms with E-state index >= 15 is 0 Å². The van der Waals surface area contributed by atoms with Crippen molar-refractivity contribution in [3.8, 4) is 11.3 Å². The smallest absolute Gasteiger partial charge is 0.450 e. The van der Waals surface area contributed by atoms with Gasteiger partial charge in [0.05, 0.1) is 38.9 Å². The van der Waals surface area contributed by atoms with Gasteiger partial charge in [-0.05, 0) is 35.9 Å². The number of hydrogen-bond acceptors (Lipinski definition) is 3. The fourth-order valence-electron chi connectivity index (χ4n) is 4.55. The summed E-state index contributed by atoms with van der Waals surface area (Å²) in [5, 5.41) is 3.02. The molecule has 2 heterocycles. The third-order valence-electron chi connectivity index (χ3n) is 6.61. The van der Waals surface area contributed by atoms with Crippen LogP contribution >= 0.6 is 11.6 Å². The number of nitrogens with zero attached hydrogens (tertiary/aromatic N) is 1. The van der Waals surface area contributed by atoms with E-state index in [0.29, 0.717) is 16.6 Å². The Labute approximate surface area is 213 Å². The minimum Gasteiger partial charge on any atom is -0.451 e. The Morgan fingerprint density at radius 3 is 2.25 bits per heavy atom. The standard InChI is InChI=1S/C27H28ClF3N2O3/c1-33(2,22-11-13-35-14-12-22)17-19-5-3-18(4-6-19)16-32-26(34)23-15-24(36-25(23)27(29,30)31)20-7-9-21(28)10-8-20/h3-10,15,22H,11-14,16-17H2,1-2H3/p+1. The average Bonchev–Trinajstić information content (AvgIpc) is 3.31. The number of nitrogens with one attached hydrogen (secondary N) is 1. The maximum absolute atomic E-state index is 13.6. The van der Waals surface area contributed by atoms with E-state index in [-0.39, 0.29) is 12.3 Å². The van der Waals surface area contributed by atoms with Gasteiger partial charge in [-0.15, -0.1) is 0 Å². The number of rotatable bonds is 7. The van der Waals surface area contributed by atoms with E-state index in [1.807, 2.05) is 24.3 Å².